The molecule has 0 bridgehead atoms. The third-order valence-electron chi connectivity index (χ3n) is 3.93. The molecule has 0 radical (unpaired) electrons. The van der Waals surface area contributed by atoms with E-state index in [1.54, 1.807) is 36.2 Å². The topological polar surface area (TPSA) is 64.4 Å². The second-order valence-electron chi connectivity index (χ2n) is 5.79. The number of anilines is 1. The summed E-state index contributed by atoms with van der Waals surface area (Å²) >= 11 is 0. The SMILES string of the molecule is CC(=O)N(CCC(=O)N(C)Cc1ccccc1)c1ccccc1C#N. The molecule has 0 spiro atoms. The van der Waals surface area contributed by atoms with E-state index in [0.29, 0.717) is 17.8 Å². The summed E-state index contributed by atoms with van der Waals surface area (Å²) in [6, 6.07) is 18.7. The molecule has 0 aliphatic heterocycles. The largest absolute Gasteiger partial charge is 0.341 e. The molecule has 0 aliphatic carbocycles. The van der Waals surface area contributed by atoms with Crippen LogP contribution >= 0.6 is 0 Å². The lowest BCUT2D eigenvalue weighted by Gasteiger charge is -2.24. The van der Waals surface area contributed by atoms with Crippen LogP contribution in [0, 0.1) is 11.3 Å². The fourth-order valence-electron chi connectivity index (χ4n) is 2.59. The molecular formula is C20H21N3O2. The van der Waals surface area contributed by atoms with E-state index in [2.05, 4.69) is 6.07 Å². The number of para-hydroxylation sites is 1. The first-order chi connectivity index (χ1) is 12.0. The minimum absolute atomic E-state index is 0.0514. The zero-order chi connectivity index (χ0) is 18.2. The van der Waals surface area contributed by atoms with Crippen LogP contribution in [0.25, 0.3) is 0 Å². The lowest BCUT2D eigenvalue weighted by Crippen LogP contribution is -2.35. The first kappa shape index (κ1) is 18.2. The van der Waals surface area contributed by atoms with Crippen molar-refractivity contribution in [1.29, 1.82) is 5.26 Å². The first-order valence-corrected chi connectivity index (χ1v) is 8.08. The summed E-state index contributed by atoms with van der Waals surface area (Å²) in [6.07, 6.45) is 0.197. The Balaban J connectivity index is 2.02. The van der Waals surface area contributed by atoms with E-state index >= 15 is 0 Å². The van der Waals surface area contributed by atoms with Crippen LogP contribution in [-0.4, -0.2) is 30.3 Å². The van der Waals surface area contributed by atoms with Crippen molar-refractivity contribution in [3.05, 3.63) is 65.7 Å². The van der Waals surface area contributed by atoms with Gasteiger partial charge in [0.05, 0.1) is 11.3 Å². The molecule has 0 fully saturated rings. The van der Waals surface area contributed by atoms with E-state index in [-0.39, 0.29) is 24.8 Å². The molecule has 2 rings (SSSR count). The van der Waals surface area contributed by atoms with E-state index in [4.69, 9.17) is 0 Å². The number of carbonyl (C=O) groups excluding carboxylic acids is 2. The summed E-state index contributed by atoms with van der Waals surface area (Å²) in [4.78, 5) is 27.5. The molecule has 2 aromatic carbocycles. The fraction of sp³-hybridized carbons (Fsp3) is 0.250. The van der Waals surface area contributed by atoms with Gasteiger partial charge in [-0.25, -0.2) is 0 Å². The summed E-state index contributed by atoms with van der Waals surface area (Å²) in [5.74, 6) is -0.245. The van der Waals surface area contributed by atoms with Crippen LogP contribution < -0.4 is 4.90 Å². The van der Waals surface area contributed by atoms with E-state index in [1.807, 2.05) is 30.3 Å². The molecule has 5 heteroatoms. The summed E-state index contributed by atoms with van der Waals surface area (Å²) in [5.41, 5.74) is 2.01. The molecule has 0 N–H and O–H groups in total. The van der Waals surface area contributed by atoms with Crippen LogP contribution in [0.1, 0.15) is 24.5 Å². The minimum Gasteiger partial charge on any atom is -0.341 e. The van der Waals surface area contributed by atoms with Crippen LogP contribution in [-0.2, 0) is 16.1 Å². The van der Waals surface area contributed by atoms with Crippen molar-refractivity contribution in [2.45, 2.75) is 19.9 Å². The van der Waals surface area contributed by atoms with E-state index < -0.39 is 0 Å². The smallest absolute Gasteiger partial charge is 0.224 e. The van der Waals surface area contributed by atoms with Crippen LogP contribution in [0.5, 0.6) is 0 Å². The number of hydrogen-bond donors (Lipinski definition) is 0. The van der Waals surface area contributed by atoms with Gasteiger partial charge in [0.25, 0.3) is 0 Å². The summed E-state index contributed by atoms with van der Waals surface area (Å²) in [7, 11) is 1.75. The molecule has 0 atom stereocenters. The lowest BCUT2D eigenvalue weighted by atomic mass is 10.1. The van der Waals surface area contributed by atoms with Gasteiger partial charge in [0, 0.05) is 33.5 Å². The van der Waals surface area contributed by atoms with Gasteiger partial charge in [0.1, 0.15) is 6.07 Å². The Kier molecular flexibility index (Phi) is 6.30. The number of amides is 2. The lowest BCUT2D eigenvalue weighted by molar-refractivity contribution is -0.130. The second kappa shape index (κ2) is 8.65. The number of hydrogen-bond acceptors (Lipinski definition) is 3. The third kappa shape index (κ3) is 4.92. The van der Waals surface area contributed by atoms with Gasteiger partial charge >= 0.3 is 0 Å². The van der Waals surface area contributed by atoms with Gasteiger partial charge in [0.15, 0.2) is 0 Å². The molecule has 128 valence electrons. The average Bonchev–Trinajstić information content (AvgIpc) is 2.62. The number of benzene rings is 2. The molecule has 5 nitrogen and oxygen atoms in total. The van der Waals surface area contributed by atoms with Crippen molar-refractivity contribution in [2.24, 2.45) is 0 Å². The Hall–Kier alpha value is -3.13. The van der Waals surface area contributed by atoms with Gasteiger partial charge in [-0.2, -0.15) is 5.26 Å². The van der Waals surface area contributed by atoms with Crippen LogP contribution in [0.15, 0.2) is 54.6 Å². The van der Waals surface area contributed by atoms with Crippen LogP contribution in [0.2, 0.25) is 0 Å². The highest BCUT2D eigenvalue weighted by Gasteiger charge is 2.18. The Bertz CT molecular complexity index is 781. The highest BCUT2D eigenvalue weighted by atomic mass is 16.2. The number of nitrogens with zero attached hydrogens (tertiary/aromatic N) is 3. The first-order valence-electron chi connectivity index (χ1n) is 8.08. The van der Waals surface area contributed by atoms with Crippen molar-refractivity contribution in [3.8, 4) is 6.07 Å². The quantitative estimate of drug-likeness (QED) is 0.815. The van der Waals surface area contributed by atoms with Crippen molar-refractivity contribution < 1.29 is 9.59 Å². The molecule has 0 saturated carbocycles. The summed E-state index contributed by atoms with van der Waals surface area (Å²) in [6.45, 7) is 2.20. The summed E-state index contributed by atoms with van der Waals surface area (Å²) in [5, 5.41) is 9.22. The Morgan fingerprint density at radius 1 is 1.04 bits per heavy atom. The van der Waals surface area contributed by atoms with Crippen molar-refractivity contribution in [2.75, 3.05) is 18.5 Å². The van der Waals surface area contributed by atoms with Crippen molar-refractivity contribution >= 4 is 17.5 Å². The molecule has 25 heavy (non-hydrogen) atoms. The predicted molar refractivity (Wildman–Crippen MR) is 96.7 cm³/mol. The van der Waals surface area contributed by atoms with Crippen LogP contribution in [0.4, 0.5) is 5.69 Å². The Morgan fingerprint density at radius 3 is 2.32 bits per heavy atom. The molecule has 0 aliphatic rings. The zero-order valence-corrected chi connectivity index (χ0v) is 14.5. The van der Waals surface area contributed by atoms with Gasteiger partial charge in [-0.3, -0.25) is 9.59 Å². The average molecular weight is 335 g/mol. The van der Waals surface area contributed by atoms with Gasteiger partial charge in [-0.05, 0) is 17.7 Å². The summed E-state index contributed by atoms with van der Waals surface area (Å²) < 4.78 is 0. The van der Waals surface area contributed by atoms with Gasteiger partial charge in [-0.1, -0.05) is 42.5 Å². The third-order valence-corrected chi connectivity index (χ3v) is 3.93. The molecule has 0 aromatic heterocycles. The highest BCUT2D eigenvalue weighted by Crippen LogP contribution is 2.20. The zero-order valence-electron chi connectivity index (χ0n) is 14.5. The van der Waals surface area contributed by atoms with E-state index in [0.717, 1.165) is 5.56 Å². The Morgan fingerprint density at radius 2 is 1.68 bits per heavy atom. The van der Waals surface area contributed by atoms with Gasteiger partial charge in [-0.15, -0.1) is 0 Å². The van der Waals surface area contributed by atoms with Crippen LogP contribution in [0.3, 0.4) is 0 Å². The highest BCUT2D eigenvalue weighted by molar-refractivity contribution is 5.93. The molecule has 0 heterocycles. The molecule has 0 unspecified atom stereocenters. The van der Waals surface area contributed by atoms with E-state index in [9.17, 15) is 14.9 Å². The molecular weight excluding hydrogens is 314 g/mol. The maximum absolute atomic E-state index is 12.4. The maximum atomic E-state index is 12.4. The van der Waals surface area contributed by atoms with Crippen molar-refractivity contribution in [1.82, 2.24) is 4.90 Å². The predicted octanol–water partition coefficient (Wildman–Crippen LogP) is 2.96. The monoisotopic (exact) mass is 335 g/mol. The number of carbonyl (C=O) groups is 2. The molecule has 0 saturated heterocycles. The van der Waals surface area contributed by atoms with Crippen molar-refractivity contribution in [3.63, 3.8) is 0 Å². The van der Waals surface area contributed by atoms with Gasteiger partial charge < -0.3 is 9.80 Å². The van der Waals surface area contributed by atoms with E-state index in [1.165, 1.54) is 11.8 Å². The number of rotatable bonds is 6. The Labute approximate surface area is 148 Å². The number of nitriles is 1. The standard InChI is InChI=1S/C20H21N3O2/c1-16(24)23(19-11-7-6-10-18(19)14-21)13-12-20(25)22(2)15-17-8-4-3-5-9-17/h3-11H,12-13,15H2,1-2H3. The second-order valence-corrected chi connectivity index (χ2v) is 5.79. The normalized spacial score (nSPS) is 9.96. The maximum Gasteiger partial charge on any atom is 0.224 e. The fourth-order valence-corrected chi connectivity index (χ4v) is 2.59. The minimum atomic E-state index is -0.193. The molecule has 2 amide bonds. The van der Waals surface area contributed by atoms with Gasteiger partial charge in [0.2, 0.25) is 11.8 Å². The molecule has 2 aromatic rings.